The summed E-state index contributed by atoms with van der Waals surface area (Å²) in [7, 11) is 1.67. The van der Waals surface area contributed by atoms with Crippen LogP contribution < -0.4 is 0 Å². The quantitative estimate of drug-likeness (QED) is 0.704. The Bertz CT molecular complexity index is 210. The van der Waals surface area contributed by atoms with Crippen molar-refractivity contribution in [2.24, 2.45) is 0 Å². The van der Waals surface area contributed by atoms with E-state index in [2.05, 4.69) is 15.9 Å². The molecule has 0 aliphatic carbocycles. The maximum absolute atomic E-state index is 12.2. The molecule has 5 heteroatoms. The number of ether oxygens (including phenoxy) is 1. The summed E-state index contributed by atoms with van der Waals surface area (Å²) in [5.41, 5.74) is 0. The molecule has 0 N–H and O–H groups in total. The molecule has 0 bridgehead atoms. The molecule has 0 radical (unpaired) electrons. The second kappa shape index (κ2) is 8.37. The Labute approximate surface area is 110 Å². The maximum atomic E-state index is 12.2. The smallest absolute Gasteiger partial charge is 0.235 e. The minimum absolute atomic E-state index is 0.185. The molecule has 1 amide bonds. The Balaban J connectivity index is 2.44. The molecule has 16 heavy (non-hydrogen) atoms. The molecule has 1 heterocycles. The summed E-state index contributed by atoms with van der Waals surface area (Å²) in [4.78, 5) is 14.1. The first-order valence-corrected chi connectivity index (χ1v) is 7.92. The van der Waals surface area contributed by atoms with Gasteiger partial charge in [-0.25, -0.2) is 0 Å². The van der Waals surface area contributed by atoms with Gasteiger partial charge < -0.3 is 9.64 Å². The van der Waals surface area contributed by atoms with Crippen LogP contribution in [0.3, 0.4) is 0 Å². The van der Waals surface area contributed by atoms with Gasteiger partial charge >= 0.3 is 0 Å². The van der Waals surface area contributed by atoms with Gasteiger partial charge in [-0.15, -0.1) is 11.8 Å². The van der Waals surface area contributed by atoms with Crippen molar-refractivity contribution < 1.29 is 9.53 Å². The van der Waals surface area contributed by atoms with Crippen molar-refractivity contribution in [1.29, 1.82) is 0 Å². The third-order valence-corrected chi connectivity index (χ3v) is 4.41. The number of hydrogen-bond donors (Lipinski definition) is 0. The first-order valence-electron chi connectivity index (χ1n) is 5.75. The van der Waals surface area contributed by atoms with Crippen LogP contribution >= 0.6 is 27.7 Å². The highest BCUT2D eigenvalue weighted by Crippen LogP contribution is 2.26. The number of carbonyl (C=O) groups is 1. The van der Waals surface area contributed by atoms with Gasteiger partial charge in [0.05, 0.1) is 11.9 Å². The molecule has 1 saturated heterocycles. The number of methoxy groups -OCH3 is 1. The van der Waals surface area contributed by atoms with Crippen LogP contribution in [0.25, 0.3) is 0 Å². The van der Waals surface area contributed by atoms with Gasteiger partial charge in [-0.2, -0.15) is 0 Å². The number of rotatable bonds is 6. The van der Waals surface area contributed by atoms with Gasteiger partial charge in [0, 0.05) is 25.5 Å². The minimum Gasteiger partial charge on any atom is -0.383 e. The predicted octanol–water partition coefficient (Wildman–Crippen LogP) is 2.14. The van der Waals surface area contributed by atoms with Crippen molar-refractivity contribution in [1.82, 2.24) is 4.90 Å². The average molecular weight is 310 g/mol. The molecule has 1 atom stereocenters. The standard InChI is InChI=1S/C11H20BrNO2S/c1-15-8-7-13(6-5-12)11(14)10-4-2-3-9-16-10/h10H,2-9H2,1H3. The lowest BCUT2D eigenvalue weighted by molar-refractivity contribution is -0.131. The van der Waals surface area contributed by atoms with Gasteiger partial charge in [0.15, 0.2) is 0 Å². The molecule has 94 valence electrons. The molecule has 1 fully saturated rings. The molecule has 0 aromatic rings. The first kappa shape index (κ1) is 14.3. The lowest BCUT2D eigenvalue weighted by atomic mass is 10.1. The van der Waals surface area contributed by atoms with Gasteiger partial charge in [0.2, 0.25) is 5.91 Å². The Morgan fingerprint density at radius 2 is 2.31 bits per heavy atom. The first-order chi connectivity index (χ1) is 7.79. The van der Waals surface area contributed by atoms with E-state index in [1.165, 1.54) is 12.8 Å². The molecule has 1 aliphatic heterocycles. The van der Waals surface area contributed by atoms with E-state index in [0.717, 1.165) is 24.0 Å². The number of nitrogens with zero attached hydrogens (tertiary/aromatic N) is 1. The normalized spacial score (nSPS) is 20.8. The van der Waals surface area contributed by atoms with Gasteiger partial charge in [0.1, 0.15) is 0 Å². The maximum Gasteiger partial charge on any atom is 0.235 e. The molecular formula is C11H20BrNO2S. The fourth-order valence-corrected chi connectivity index (χ4v) is 3.48. The predicted molar refractivity (Wildman–Crippen MR) is 72.3 cm³/mol. The zero-order chi connectivity index (χ0) is 11.8. The van der Waals surface area contributed by atoms with Crippen molar-refractivity contribution in [3.8, 4) is 0 Å². The molecule has 0 aromatic carbocycles. The van der Waals surface area contributed by atoms with Crippen LogP contribution in [0.2, 0.25) is 0 Å². The van der Waals surface area contributed by atoms with Crippen molar-refractivity contribution >= 4 is 33.6 Å². The highest BCUT2D eigenvalue weighted by molar-refractivity contribution is 9.09. The lowest BCUT2D eigenvalue weighted by Gasteiger charge is -2.28. The average Bonchev–Trinajstić information content (AvgIpc) is 2.35. The molecular weight excluding hydrogens is 290 g/mol. The highest BCUT2D eigenvalue weighted by atomic mass is 79.9. The van der Waals surface area contributed by atoms with Crippen molar-refractivity contribution in [2.45, 2.75) is 24.5 Å². The Morgan fingerprint density at radius 3 is 2.88 bits per heavy atom. The number of hydrogen-bond acceptors (Lipinski definition) is 3. The molecule has 1 aliphatic rings. The summed E-state index contributed by atoms with van der Waals surface area (Å²) >= 11 is 5.20. The molecule has 3 nitrogen and oxygen atoms in total. The summed E-state index contributed by atoms with van der Waals surface area (Å²) in [6.07, 6.45) is 3.48. The lowest BCUT2D eigenvalue weighted by Crippen LogP contribution is -2.41. The Kier molecular flexibility index (Phi) is 7.49. The summed E-state index contributed by atoms with van der Waals surface area (Å²) in [6, 6.07) is 0. The van der Waals surface area contributed by atoms with Crippen LogP contribution in [0, 0.1) is 0 Å². The Hall–Kier alpha value is 0.260. The monoisotopic (exact) mass is 309 g/mol. The van der Waals surface area contributed by atoms with E-state index in [1.54, 1.807) is 7.11 Å². The number of thioether (sulfide) groups is 1. The van der Waals surface area contributed by atoms with Crippen LogP contribution in [0.1, 0.15) is 19.3 Å². The Morgan fingerprint density at radius 1 is 1.50 bits per heavy atom. The number of halogens is 1. The van der Waals surface area contributed by atoms with E-state index in [0.29, 0.717) is 19.1 Å². The van der Waals surface area contributed by atoms with E-state index in [1.807, 2.05) is 16.7 Å². The van der Waals surface area contributed by atoms with Gasteiger partial charge in [-0.1, -0.05) is 22.4 Å². The summed E-state index contributed by atoms with van der Waals surface area (Å²) in [6.45, 7) is 2.10. The van der Waals surface area contributed by atoms with E-state index in [9.17, 15) is 4.79 Å². The van der Waals surface area contributed by atoms with Crippen LogP contribution in [-0.4, -0.2) is 53.9 Å². The number of alkyl halides is 1. The molecule has 0 spiro atoms. The second-order valence-corrected chi connectivity index (χ2v) is 5.97. The van der Waals surface area contributed by atoms with E-state index in [4.69, 9.17) is 4.74 Å². The largest absolute Gasteiger partial charge is 0.383 e. The van der Waals surface area contributed by atoms with Gasteiger partial charge in [0.25, 0.3) is 0 Å². The van der Waals surface area contributed by atoms with Crippen molar-refractivity contribution in [3.63, 3.8) is 0 Å². The second-order valence-electron chi connectivity index (χ2n) is 3.86. The third kappa shape index (κ3) is 4.63. The molecule has 0 saturated carbocycles. The van der Waals surface area contributed by atoms with Crippen molar-refractivity contribution in [2.75, 3.05) is 37.9 Å². The van der Waals surface area contributed by atoms with Gasteiger partial charge in [-0.3, -0.25) is 4.79 Å². The van der Waals surface area contributed by atoms with E-state index in [-0.39, 0.29) is 5.25 Å². The van der Waals surface area contributed by atoms with Crippen LogP contribution in [0.4, 0.5) is 0 Å². The fraction of sp³-hybridized carbons (Fsp3) is 0.909. The number of amides is 1. The summed E-state index contributed by atoms with van der Waals surface area (Å²) in [5, 5.41) is 1.02. The third-order valence-electron chi connectivity index (χ3n) is 2.69. The fourth-order valence-electron chi connectivity index (χ4n) is 1.77. The van der Waals surface area contributed by atoms with Crippen LogP contribution in [0.15, 0.2) is 0 Å². The van der Waals surface area contributed by atoms with Crippen LogP contribution in [0.5, 0.6) is 0 Å². The zero-order valence-corrected chi connectivity index (χ0v) is 12.2. The SMILES string of the molecule is COCCN(CCBr)C(=O)C1CCCCS1. The van der Waals surface area contributed by atoms with E-state index >= 15 is 0 Å². The highest BCUT2D eigenvalue weighted by Gasteiger charge is 2.25. The van der Waals surface area contributed by atoms with E-state index < -0.39 is 0 Å². The molecule has 1 unspecified atom stereocenters. The van der Waals surface area contributed by atoms with Crippen LogP contribution in [-0.2, 0) is 9.53 Å². The summed E-state index contributed by atoms with van der Waals surface area (Å²) in [5.74, 6) is 1.42. The number of carbonyl (C=O) groups excluding carboxylic acids is 1. The summed E-state index contributed by atoms with van der Waals surface area (Å²) < 4.78 is 5.04. The van der Waals surface area contributed by atoms with Crippen molar-refractivity contribution in [3.05, 3.63) is 0 Å². The zero-order valence-electron chi connectivity index (χ0n) is 9.78. The molecule has 1 rings (SSSR count). The molecule has 0 aromatic heterocycles. The van der Waals surface area contributed by atoms with Gasteiger partial charge in [-0.05, 0) is 18.6 Å². The minimum atomic E-state index is 0.185. The topological polar surface area (TPSA) is 29.5 Å².